The van der Waals surface area contributed by atoms with E-state index in [1.807, 2.05) is 6.92 Å². The third-order valence-corrected chi connectivity index (χ3v) is 9.46. The number of fused-ring (bicyclic) bond motifs is 1. The Morgan fingerprint density at radius 1 is 1.31 bits per heavy atom. The van der Waals surface area contributed by atoms with E-state index in [0.717, 1.165) is 19.3 Å². The second-order valence-corrected chi connectivity index (χ2v) is 12.9. The lowest BCUT2D eigenvalue weighted by Crippen LogP contribution is -2.52. The lowest BCUT2D eigenvalue weighted by Gasteiger charge is -2.31. The molecular weight excluding hydrogens is 450 g/mol. The molecule has 1 aliphatic heterocycles. The van der Waals surface area contributed by atoms with Crippen molar-refractivity contribution in [3.8, 4) is 0 Å². The molecule has 0 spiro atoms. The molecule has 1 N–H and O–H groups in total. The molecular formula is C22H35N3O5S2. The van der Waals surface area contributed by atoms with Crippen LogP contribution < -0.4 is 5.32 Å². The molecule has 1 aliphatic carbocycles. The number of nitrogens with one attached hydrogen (secondary N) is 1. The molecule has 0 radical (unpaired) electrons. The number of sulfonamides is 1. The van der Waals surface area contributed by atoms with E-state index >= 15 is 0 Å². The van der Waals surface area contributed by atoms with E-state index in [2.05, 4.69) is 5.32 Å². The van der Waals surface area contributed by atoms with Crippen molar-refractivity contribution in [3.63, 3.8) is 0 Å². The van der Waals surface area contributed by atoms with Gasteiger partial charge >= 0.3 is 6.09 Å². The van der Waals surface area contributed by atoms with Gasteiger partial charge in [0.15, 0.2) is 0 Å². The minimum atomic E-state index is -3.49. The highest BCUT2D eigenvalue weighted by molar-refractivity contribution is 7.91. The Morgan fingerprint density at radius 3 is 2.62 bits per heavy atom. The van der Waals surface area contributed by atoms with Gasteiger partial charge in [0.2, 0.25) is 5.91 Å². The van der Waals surface area contributed by atoms with Crippen molar-refractivity contribution in [2.45, 2.75) is 75.3 Å². The topological polar surface area (TPSA) is 96.0 Å². The number of thiophene rings is 1. The molecule has 32 heavy (non-hydrogen) atoms. The minimum Gasteiger partial charge on any atom is -0.444 e. The third-order valence-electron chi connectivity index (χ3n) is 6.25. The smallest absolute Gasteiger partial charge is 0.410 e. The second-order valence-electron chi connectivity index (χ2n) is 9.77. The van der Waals surface area contributed by atoms with Gasteiger partial charge in [-0.1, -0.05) is 19.4 Å². The summed E-state index contributed by atoms with van der Waals surface area (Å²) in [6, 6.07) is 2.66. The number of likely N-dealkylation sites (N-methyl/N-ethyl adjacent to an activating group) is 1. The van der Waals surface area contributed by atoms with Gasteiger partial charge < -0.3 is 10.1 Å². The predicted octanol–water partition coefficient (Wildman–Crippen LogP) is 3.30. The first kappa shape index (κ1) is 25.0. The van der Waals surface area contributed by atoms with Gasteiger partial charge in [-0.2, -0.15) is 4.31 Å². The summed E-state index contributed by atoms with van der Waals surface area (Å²) in [5.74, 6) is 0.122. The van der Waals surface area contributed by atoms with Gasteiger partial charge in [-0.25, -0.2) is 13.2 Å². The molecule has 2 amide bonds. The summed E-state index contributed by atoms with van der Waals surface area (Å²) in [5, 5.41) is 4.90. The van der Waals surface area contributed by atoms with E-state index in [4.69, 9.17) is 4.74 Å². The van der Waals surface area contributed by atoms with E-state index in [1.54, 1.807) is 49.6 Å². The molecule has 0 bridgehead atoms. The van der Waals surface area contributed by atoms with Gasteiger partial charge in [0.25, 0.3) is 10.0 Å². The summed E-state index contributed by atoms with van der Waals surface area (Å²) in [6.07, 6.45) is 2.45. The fourth-order valence-corrected chi connectivity index (χ4v) is 7.33. The van der Waals surface area contributed by atoms with Crippen LogP contribution in [0.25, 0.3) is 0 Å². The lowest BCUT2D eigenvalue weighted by atomic mass is 9.97. The molecule has 1 aromatic heterocycles. The van der Waals surface area contributed by atoms with Crippen LogP contribution in [0.2, 0.25) is 0 Å². The lowest BCUT2D eigenvalue weighted by molar-refractivity contribution is -0.127. The Labute approximate surface area is 195 Å². The summed E-state index contributed by atoms with van der Waals surface area (Å²) in [4.78, 5) is 27.1. The molecule has 3 rings (SSSR count). The molecule has 1 aromatic rings. The molecule has 10 heteroatoms. The van der Waals surface area contributed by atoms with E-state index in [9.17, 15) is 18.0 Å². The minimum absolute atomic E-state index is 0.0859. The summed E-state index contributed by atoms with van der Waals surface area (Å²) in [7, 11) is -1.89. The molecule has 8 nitrogen and oxygen atoms in total. The number of hydrogen-bond donors (Lipinski definition) is 1. The first-order chi connectivity index (χ1) is 14.9. The maximum atomic E-state index is 13.2. The highest BCUT2D eigenvalue weighted by atomic mass is 32.2. The fraction of sp³-hybridized carbons (Fsp3) is 0.727. The first-order valence-electron chi connectivity index (χ1n) is 11.2. The number of amides is 2. The average Bonchev–Trinajstić information content (AvgIpc) is 3.42. The van der Waals surface area contributed by atoms with Crippen LogP contribution >= 0.6 is 11.3 Å². The summed E-state index contributed by atoms with van der Waals surface area (Å²) < 4.78 is 33.2. The van der Waals surface area contributed by atoms with Crippen LogP contribution in [0.1, 0.15) is 53.4 Å². The average molecular weight is 486 g/mol. The Kier molecular flexibility index (Phi) is 7.56. The van der Waals surface area contributed by atoms with Gasteiger partial charge in [0, 0.05) is 26.2 Å². The number of carbonyl (C=O) groups excluding carboxylic acids is 2. The number of hydrogen-bond acceptors (Lipinski definition) is 6. The standard InChI is InChI=1S/C22H35N3O5S2/c1-6-8-18(24(5)21(27)30-22(2,3)4)20(26)23-17-11-10-15-13-25(14-16(15)17)32(28,29)19-9-7-12-31-19/h7,9,12,15-18H,6,8,10-11,13-14H2,1-5H3,(H,23,26)/t15-,16+,17+,18?/m1/s1. The summed E-state index contributed by atoms with van der Waals surface area (Å²) in [6.45, 7) is 8.26. The van der Waals surface area contributed by atoms with Crippen LogP contribution in [0, 0.1) is 11.8 Å². The third kappa shape index (κ3) is 5.46. The van der Waals surface area contributed by atoms with Crippen molar-refractivity contribution in [1.29, 1.82) is 0 Å². The maximum Gasteiger partial charge on any atom is 0.410 e. The summed E-state index contributed by atoms with van der Waals surface area (Å²) in [5.41, 5.74) is -0.640. The van der Waals surface area contributed by atoms with Crippen LogP contribution in [0.4, 0.5) is 4.79 Å². The van der Waals surface area contributed by atoms with Gasteiger partial charge in [0.05, 0.1) is 0 Å². The van der Waals surface area contributed by atoms with E-state index in [1.165, 1.54) is 16.2 Å². The molecule has 1 unspecified atom stereocenters. The predicted molar refractivity (Wildman–Crippen MR) is 124 cm³/mol. The second kappa shape index (κ2) is 9.69. The number of ether oxygens (including phenoxy) is 1. The zero-order valence-corrected chi connectivity index (χ0v) is 21.2. The van der Waals surface area contributed by atoms with Crippen LogP contribution in [0.3, 0.4) is 0 Å². The van der Waals surface area contributed by atoms with Crippen molar-refractivity contribution >= 4 is 33.4 Å². The highest BCUT2D eigenvalue weighted by Gasteiger charge is 2.47. The molecule has 2 fully saturated rings. The Balaban J connectivity index is 1.66. The van der Waals surface area contributed by atoms with E-state index in [-0.39, 0.29) is 23.8 Å². The molecule has 1 saturated carbocycles. The van der Waals surface area contributed by atoms with Crippen LogP contribution in [0.15, 0.2) is 21.7 Å². The Bertz CT molecular complexity index is 910. The van der Waals surface area contributed by atoms with Crippen molar-refractivity contribution in [3.05, 3.63) is 17.5 Å². The van der Waals surface area contributed by atoms with E-state index in [0.29, 0.717) is 23.7 Å². The Morgan fingerprint density at radius 2 is 2.03 bits per heavy atom. The number of nitrogens with zero attached hydrogens (tertiary/aromatic N) is 2. The zero-order valence-electron chi connectivity index (χ0n) is 19.5. The van der Waals surface area contributed by atoms with Gasteiger partial charge in [0.1, 0.15) is 15.9 Å². The van der Waals surface area contributed by atoms with Crippen LogP contribution in [0.5, 0.6) is 0 Å². The quantitative estimate of drug-likeness (QED) is 0.639. The summed E-state index contributed by atoms with van der Waals surface area (Å²) >= 11 is 1.23. The van der Waals surface area contributed by atoms with Gasteiger partial charge in [-0.15, -0.1) is 11.3 Å². The first-order valence-corrected chi connectivity index (χ1v) is 13.6. The van der Waals surface area contributed by atoms with Crippen molar-refractivity contribution in [1.82, 2.24) is 14.5 Å². The highest BCUT2D eigenvalue weighted by Crippen LogP contribution is 2.40. The van der Waals surface area contributed by atoms with Crippen molar-refractivity contribution in [2.24, 2.45) is 11.8 Å². The van der Waals surface area contributed by atoms with Crippen molar-refractivity contribution < 1.29 is 22.7 Å². The van der Waals surface area contributed by atoms with E-state index < -0.39 is 27.8 Å². The van der Waals surface area contributed by atoms with Crippen molar-refractivity contribution in [2.75, 3.05) is 20.1 Å². The molecule has 2 heterocycles. The number of carbonyl (C=O) groups is 2. The van der Waals surface area contributed by atoms with Crippen LogP contribution in [-0.4, -0.2) is 67.4 Å². The van der Waals surface area contributed by atoms with Gasteiger partial charge in [-0.05, 0) is 63.3 Å². The van der Waals surface area contributed by atoms with Crippen LogP contribution in [-0.2, 0) is 19.6 Å². The molecule has 4 atom stereocenters. The zero-order chi connectivity index (χ0) is 23.7. The normalized spacial score (nSPS) is 24.7. The molecule has 180 valence electrons. The Hall–Kier alpha value is -1.65. The SMILES string of the molecule is CCCC(C(=O)N[C@H]1CC[C@@H]2CN(S(=O)(=O)c3cccs3)C[C@@H]21)N(C)C(=O)OC(C)(C)C. The maximum absolute atomic E-state index is 13.2. The molecule has 1 saturated heterocycles. The fourth-order valence-electron chi connectivity index (χ4n) is 4.65. The van der Waals surface area contributed by atoms with Gasteiger partial charge in [-0.3, -0.25) is 9.69 Å². The molecule has 2 aliphatic rings. The number of rotatable bonds is 7. The largest absolute Gasteiger partial charge is 0.444 e. The monoisotopic (exact) mass is 485 g/mol. The molecule has 0 aromatic carbocycles.